The Morgan fingerprint density at radius 1 is 1.05 bits per heavy atom. The lowest BCUT2D eigenvalue weighted by Crippen LogP contribution is -2.19. The SMILES string of the molecule is CCOC(=O)C(=O)c1c(OC)cc(COC)cc1OC. The quantitative estimate of drug-likeness (QED) is 0.430. The first-order valence-corrected chi connectivity index (χ1v) is 6.04. The van der Waals surface area contributed by atoms with Crippen molar-refractivity contribution in [2.75, 3.05) is 27.9 Å². The predicted molar refractivity (Wildman–Crippen MR) is 71.2 cm³/mol. The number of Topliss-reactive ketones (excluding diaryl/α,β-unsaturated/α-hetero) is 1. The fourth-order valence-corrected chi connectivity index (χ4v) is 1.74. The number of ether oxygens (including phenoxy) is 4. The summed E-state index contributed by atoms with van der Waals surface area (Å²) in [5.41, 5.74) is 0.815. The highest BCUT2D eigenvalue weighted by Gasteiger charge is 2.26. The molecule has 0 saturated heterocycles. The van der Waals surface area contributed by atoms with E-state index in [0.717, 1.165) is 5.56 Å². The zero-order chi connectivity index (χ0) is 15.1. The van der Waals surface area contributed by atoms with Crippen molar-refractivity contribution in [3.8, 4) is 11.5 Å². The van der Waals surface area contributed by atoms with E-state index >= 15 is 0 Å². The molecule has 1 rings (SSSR count). The molecule has 0 aliphatic rings. The molecule has 110 valence electrons. The molecule has 0 aliphatic heterocycles. The Balaban J connectivity index is 3.29. The summed E-state index contributed by atoms with van der Waals surface area (Å²) in [5.74, 6) is -1.25. The predicted octanol–water partition coefficient (Wildman–Crippen LogP) is 1.60. The number of carbonyl (C=O) groups is 2. The van der Waals surface area contributed by atoms with E-state index in [1.165, 1.54) is 14.2 Å². The molecule has 0 N–H and O–H groups in total. The Labute approximate surface area is 117 Å². The van der Waals surface area contributed by atoms with Crippen LogP contribution in [-0.4, -0.2) is 39.7 Å². The summed E-state index contributed by atoms with van der Waals surface area (Å²) < 4.78 is 20.1. The largest absolute Gasteiger partial charge is 0.496 e. The summed E-state index contributed by atoms with van der Waals surface area (Å²) in [4.78, 5) is 23.7. The number of ketones is 1. The number of hydrogen-bond donors (Lipinski definition) is 0. The van der Waals surface area contributed by atoms with Crippen molar-refractivity contribution < 1.29 is 28.5 Å². The summed E-state index contributed by atoms with van der Waals surface area (Å²) in [6, 6.07) is 3.25. The average molecular weight is 282 g/mol. The first-order chi connectivity index (χ1) is 9.58. The maximum Gasteiger partial charge on any atom is 0.379 e. The molecule has 6 heteroatoms. The van der Waals surface area contributed by atoms with Crippen molar-refractivity contribution in [3.05, 3.63) is 23.3 Å². The first-order valence-electron chi connectivity index (χ1n) is 6.04. The Kier molecular flexibility index (Phi) is 5.99. The van der Waals surface area contributed by atoms with E-state index in [0.29, 0.717) is 6.61 Å². The van der Waals surface area contributed by atoms with Crippen molar-refractivity contribution in [3.63, 3.8) is 0 Å². The third-order valence-corrected chi connectivity index (χ3v) is 2.56. The van der Waals surface area contributed by atoms with E-state index in [1.54, 1.807) is 26.2 Å². The van der Waals surface area contributed by atoms with Gasteiger partial charge >= 0.3 is 5.97 Å². The van der Waals surface area contributed by atoms with Crippen LogP contribution < -0.4 is 9.47 Å². The smallest absolute Gasteiger partial charge is 0.379 e. The summed E-state index contributed by atoms with van der Waals surface area (Å²) >= 11 is 0. The Hall–Kier alpha value is -2.08. The standard InChI is InChI=1S/C14H18O6/c1-5-20-14(16)13(15)12-10(18-3)6-9(8-17-2)7-11(12)19-4/h6-7H,5,8H2,1-4H3. The minimum atomic E-state index is -0.941. The molecule has 0 amide bonds. The Morgan fingerprint density at radius 3 is 2.00 bits per heavy atom. The van der Waals surface area contributed by atoms with Crippen LogP contribution in [0.3, 0.4) is 0 Å². The topological polar surface area (TPSA) is 71.1 Å². The van der Waals surface area contributed by atoms with Gasteiger partial charge in [-0.05, 0) is 24.6 Å². The van der Waals surface area contributed by atoms with Crippen LogP contribution in [0.2, 0.25) is 0 Å². The molecule has 1 aromatic carbocycles. The van der Waals surface area contributed by atoms with Crippen LogP contribution in [0.1, 0.15) is 22.8 Å². The molecule has 1 aromatic rings. The highest BCUT2D eigenvalue weighted by Crippen LogP contribution is 2.31. The highest BCUT2D eigenvalue weighted by atomic mass is 16.5. The summed E-state index contributed by atoms with van der Waals surface area (Å²) in [7, 11) is 4.37. The van der Waals surface area contributed by atoms with Gasteiger partial charge in [0.05, 0.1) is 27.4 Å². The van der Waals surface area contributed by atoms with Crippen LogP contribution in [0.25, 0.3) is 0 Å². The molecule has 0 spiro atoms. The minimum absolute atomic E-state index is 0.0494. The molecule has 6 nitrogen and oxygen atoms in total. The van der Waals surface area contributed by atoms with Gasteiger partial charge in [0.1, 0.15) is 17.1 Å². The molecule has 0 heterocycles. The van der Waals surface area contributed by atoms with Gasteiger partial charge in [0, 0.05) is 7.11 Å². The third kappa shape index (κ3) is 3.48. The van der Waals surface area contributed by atoms with E-state index in [2.05, 4.69) is 0 Å². The van der Waals surface area contributed by atoms with Crippen molar-refractivity contribution in [2.45, 2.75) is 13.5 Å². The van der Waals surface area contributed by atoms with Crippen LogP contribution in [-0.2, 0) is 20.9 Å². The molecular weight excluding hydrogens is 264 g/mol. The maximum absolute atomic E-state index is 12.1. The van der Waals surface area contributed by atoms with E-state index in [9.17, 15) is 9.59 Å². The number of carbonyl (C=O) groups excluding carboxylic acids is 2. The van der Waals surface area contributed by atoms with Gasteiger partial charge in [0.15, 0.2) is 0 Å². The lowest BCUT2D eigenvalue weighted by atomic mass is 10.0. The van der Waals surface area contributed by atoms with Crippen molar-refractivity contribution in [1.29, 1.82) is 0 Å². The zero-order valence-corrected chi connectivity index (χ0v) is 12.0. The van der Waals surface area contributed by atoms with Gasteiger partial charge in [-0.1, -0.05) is 0 Å². The first kappa shape index (κ1) is 16.0. The molecular formula is C14H18O6. The number of esters is 1. The van der Waals surface area contributed by atoms with Gasteiger partial charge in [-0.2, -0.15) is 0 Å². The molecule has 20 heavy (non-hydrogen) atoms. The molecule has 0 saturated carbocycles. The second-order valence-electron chi connectivity index (χ2n) is 3.86. The fourth-order valence-electron chi connectivity index (χ4n) is 1.74. The lowest BCUT2D eigenvalue weighted by Gasteiger charge is -2.14. The Morgan fingerprint density at radius 2 is 1.60 bits per heavy atom. The van der Waals surface area contributed by atoms with Gasteiger partial charge in [-0.15, -0.1) is 0 Å². The summed E-state index contributed by atoms with van der Waals surface area (Å²) in [6.07, 6.45) is 0. The van der Waals surface area contributed by atoms with Crippen LogP contribution in [0.5, 0.6) is 11.5 Å². The van der Waals surface area contributed by atoms with E-state index < -0.39 is 11.8 Å². The van der Waals surface area contributed by atoms with Crippen LogP contribution in [0.15, 0.2) is 12.1 Å². The zero-order valence-electron chi connectivity index (χ0n) is 12.0. The maximum atomic E-state index is 12.1. The summed E-state index contributed by atoms with van der Waals surface area (Å²) in [5, 5.41) is 0. The number of hydrogen-bond acceptors (Lipinski definition) is 6. The minimum Gasteiger partial charge on any atom is -0.496 e. The second-order valence-corrected chi connectivity index (χ2v) is 3.86. The van der Waals surface area contributed by atoms with Gasteiger partial charge in [0.25, 0.3) is 5.78 Å². The summed E-state index contributed by atoms with van der Waals surface area (Å²) in [6.45, 7) is 2.08. The van der Waals surface area contributed by atoms with Crippen LogP contribution in [0.4, 0.5) is 0 Å². The molecule has 0 radical (unpaired) electrons. The molecule has 0 bridgehead atoms. The number of benzene rings is 1. The average Bonchev–Trinajstić information content (AvgIpc) is 2.46. The molecule has 0 aliphatic carbocycles. The molecule has 0 atom stereocenters. The highest BCUT2D eigenvalue weighted by molar-refractivity contribution is 6.42. The molecule has 0 fully saturated rings. The van der Waals surface area contributed by atoms with Crippen molar-refractivity contribution >= 4 is 11.8 Å². The number of methoxy groups -OCH3 is 3. The van der Waals surface area contributed by atoms with E-state index in [-0.39, 0.29) is 23.7 Å². The van der Waals surface area contributed by atoms with Crippen LogP contribution in [0, 0.1) is 0 Å². The van der Waals surface area contributed by atoms with E-state index in [1.807, 2.05) is 0 Å². The normalized spacial score (nSPS) is 10.0. The van der Waals surface area contributed by atoms with Gasteiger partial charge in [-0.25, -0.2) is 4.79 Å². The van der Waals surface area contributed by atoms with Gasteiger partial charge < -0.3 is 18.9 Å². The monoisotopic (exact) mass is 282 g/mol. The van der Waals surface area contributed by atoms with Gasteiger partial charge in [0.2, 0.25) is 0 Å². The van der Waals surface area contributed by atoms with Crippen LogP contribution >= 0.6 is 0 Å². The fraction of sp³-hybridized carbons (Fsp3) is 0.429. The number of rotatable bonds is 7. The lowest BCUT2D eigenvalue weighted by molar-refractivity contribution is -0.137. The second kappa shape index (κ2) is 7.49. The van der Waals surface area contributed by atoms with Gasteiger partial charge in [-0.3, -0.25) is 4.79 Å². The molecule has 0 unspecified atom stereocenters. The Bertz CT molecular complexity index is 469. The third-order valence-electron chi connectivity index (χ3n) is 2.56. The van der Waals surface area contributed by atoms with Crippen molar-refractivity contribution in [2.24, 2.45) is 0 Å². The van der Waals surface area contributed by atoms with E-state index in [4.69, 9.17) is 18.9 Å². The molecule has 0 aromatic heterocycles. The van der Waals surface area contributed by atoms with Crippen molar-refractivity contribution in [1.82, 2.24) is 0 Å².